The van der Waals surface area contributed by atoms with Gasteiger partial charge in [-0.25, -0.2) is 4.98 Å². The number of aromatic nitrogens is 1. The summed E-state index contributed by atoms with van der Waals surface area (Å²) in [5.41, 5.74) is 13.3. The number of nitrogens with zero attached hydrogens (tertiary/aromatic N) is 1. The van der Waals surface area contributed by atoms with E-state index < -0.39 is 5.97 Å². The van der Waals surface area contributed by atoms with E-state index in [4.69, 9.17) is 10.5 Å². The molecule has 0 spiro atoms. The van der Waals surface area contributed by atoms with Gasteiger partial charge in [-0.2, -0.15) is 0 Å². The molecule has 3 N–H and O–H groups in total. The largest absolute Gasteiger partial charge is 0.481 e. The third-order valence-electron chi connectivity index (χ3n) is 6.57. The third-order valence-corrected chi connectivity index (χ3v) is 6.57. The number of nitrogens with two attached hydrogens (primary N) is 1. The smallest absolute Gasteiger partial charge is 0.307 e. The number of rotatable bonds is 5. The molecule has 1 aliphatic rings. The summed E-state index contributed by atoms with van der Waals surface area (Å²) >= 11 is 0. The molecule has 35 heavy (non-hydrogen) atoms. The van der Waals surface area contributed by atoms with Crippen LogP contribution in [0.1, 0.15) is 22.8 Å². The monoisotopic (exact) mass is 458 g/mol. The molecule has 0 saturated heterocycles. The topological polar surface area (TPSA) is 85.4 Å². The molecule has 170 valence electrons. The van der Waals surface area contributed by atoms with E-state index in [0.29, 0.717) is 17.1 Å². The molecule has 1 unspecified atom stereocenters. The van der Waals surface area contributed by atoms with Crippen molar-refractivity contribution in [1.82, 2.24) is 4.98 Å². The Morgan fingerprint density at radius 2 is 1.60 bits per heavy atom. The molecule has 0 aliphatic heterocycles. The van der Waals surface area contributed by atoms with Crippen LogP contribution in [0.5, 0.6) is 5.75 Å². The molecule has 1 aliphatic carbocycles. The molecule has 1 atom stereocenters. The van der Waals surface area contributed by atoms with Crippen molar-refractivity contribution < 1.29 is 14.6 Å². The second-order valence-corrected chi connectivity index (χ2v) is 8.66. The van der Waals surface area contributed by atoms with Crippen LogP contribution in [0.15, 0.2) is 97.2 Å². The summed E-state index contributed by atoms with van der Waals surface area (Å²) in [6, 6.07) is 30.0. The van der Waals surface area contributed by atoms with Crippen molar-refractivity contribution in [3.8, 4) is 28.0 Å². The van der Waals surface area contributed by atoms with Crippen molar-refractivity contribution in [3.05, 3.63) is 114 Å². The Morgan fingerprint density at radius 1 is 0.829 bits per heavy atom. The molecule has 5 heteroatoms. The normalized spacial score (nSPS) is 13.9. The minimum absolute atomic E-state index is 0.0943. The van der Waals surface area contributed by atoms with Crippen LogP contribution in [0.4, 0.5) is 5.82 Å². The van der Waals surface area contributed by atoms with Gasteiger partial charge in [0.1, 0.15) is 11.6 Å². The predicted octanol–water partition coefficient (Wildman–Crippen LogP) is 6.26. The predicted molar refractivity (Wildman–Crippen MR) is 137 cm³/mol. The average molecular weight is 459 g/mol. The van der Waals surface area contributed by atoms with E-state index in [1.165, 1.54) is 0 Å². The molecule has 4 aromatic carbocycles. The van der Waals surface area contributed by atoms with Gasteiger partial charge in [0, 0.05) is 28.3 Å². The SMILES string of the molecule is Nc1nccc2c(-c3ccc4c(c3)C(Oc3ccccc3CC(=O)O)c3ccccc3-4)cccc12. The highest BCUT2D eigenvalue weighted by molar-refractivity contribution is 6.01. The van der Waals surface area contributed by atoms with E-state index in [1.54, 1.807) is 12.3 Å². The number of aliphatic carboxylic acids is 1. The highest BCUT2D eigenvalue weighted by Gasteiger charge is 2.31. The number of carboxylic acid groups (broad SMARTS) is 1. The number of hydrogen-bond donors (Lipinski definition) is 2. The van der Waals surface area contributed by atoms with Gasteiger partial charge in [0.2, 0.25) is 0 Å². The van der Waals surface area contributed by atoms with Gasteiger partial charge in [0.05, 0.1) is 6.42 Å². The maximum absolute atomic E-state index is 11.4. The summed E-state index contributed by atoms with van der Waals surface area (Å²) in [5.74, 6) is 0.200. The van der Waals surface area contributed by atoms with Crippen LogP contribution in [0.25, 0.3) is 33.0 Å². The molecule has 0 saturated carbocycles. The molecule has 0 radical (unpaired) electrons. The lowest BCUT2D eigenvalue weighted by atomic mass is 9.95. The van der Waals surface area contributed by atoms with Gasteiger partial charge in [-0.15, -0.1) is 0 Å². The van der Waals surface area contributed by atoms with Gasteiger partial charge >= 0.3 is 5.97 Å². The van der Waals surface area contributed by atoms with Gasteiger partial charge in [-0.3, -0.25) is 4.79 Å². The standard InChI is InChI=1S/C30H22N2O3/c31-30-25-10-5-9-20(23(25)14-15-32-30)18-12-13-22-21-7-2-3-8-24(21)29(26(22)16-18)35-27-11-4-1-6-19(27)17-28(33)34/h1-16,29H,17H2,(H2,31,32)(H,33,34). The summed E-state index contributed by atoms with van der Waals surface area (Å²) in [7, 11) is 0. The van der Waals surface area contributed by atoms with Crippen molar-refractivity contribution in [2.45, 2.75) is 12.5 Å². The molecule has 5 aromatic rings. The number of benzene rings is 4. The zero-order valence-corrected chi connectivity index (χ0v) is 18.8. The number of pyridine rings is 1. The van der Waals surface area contributed by atoms with Crippen LogP contribution in [-0.4, -0.2) is 16.1 Å². The number of anilines is 1. The zero-order valence-electron chi connectivity index (χ0n) is 18.8. The lowest BCUT2D eigenvalue weighted by Crippen LogP contribution is -2.09. The Hall–Kier alpha value is -4.64. The van der Waals surface area contributed by atoms with Crippen molar-refractivity contribution in [2.24, 2.45) is 0 Å². The first-order valence-corrected chi connectivity index (χ1v) is 11.4. The molecule has 5 nitrogen and oxygen atoms in total. The molecule has 0 bridgehead atoms. The molecule has 6 rings (SSSR count). The van der Waals surface area contributed by atoms with E-state index in [1.807, 2.05) is 48.5 Å². The minimum atomic E-state index is -0.889. The van der Waals surface area contributed by atoms with Gasteiger partial charge in [0.25, 0.3) is 0 Å². The molecule has 0 amide bonds. The molecular weight excluding hydrogens is 436 g/mol. The molecule has 1 heterocycles. The van der Waals surface area contributed by atoms with Crippen LogP contribution in [0, 0.1) is 0 Å². The summed E-state index contributed by atoms with van der Waals surface area (Å²) in [6.45, 7) is 0. The number of nitrogen functional groups attached to an aromatic ring is 1. The Kier molecular flexibility index (Phi) is 4.96. The number of carboxylic acids is 1. The summed E-state index contributed by atoms with van der Waals surface area (Å²) in [5, 5.41) is 11.3. The van der Waals surface area contributed by atoms with Gasteiger partial charge in [0.15, 0.2) is 6.10 Å². The summed E-state index contributed by atoms with van der Waals surface area (Å²) in [6.07, 6.45) is 1.29. The average Bonchev–Trinajstić information content (AvgIpc) is 3.18. The first-order valence-electron chi connectivity index (χ1n) is 11.4. The Morgan fingerprint density at radius 3 is 2.49 bits per heavy atom. The van der Waals surface area contributed by atoms with Crippen molar-refractivity contribution in [3.63, 3.8) is 0 Å². The van der Waals surface area contributed by atoms with Crippen LogP contribution < -0.4 is 10.5 Å². The maximum Gasteiger partial charge on any atom is 0.307 e. The number of ether oxygens (including phenoxy) is 1. The minimum Gasteiger partial charge on any atom is -0.481 e. The van der Waals surface area contributed by atoms with Crippen molar-refractivity contribution in [1.29, 1.82) is 0 Å². The Labute approximate surface area is 202 Å². The van der Waals surface area contributed by atoms with Crippen LogP contribution in [-0.2, 0) is 11.2 Å². The molecular formula is C30H22N2O3. The molecule has 1 aromatic heterocycles. The van der Waals surface area contributed by atoms with E-state index in [2.05, 4.69) is 41.4 Å². The Balaban J connectivity index is 1.49. The number of hydrogen-bond acceptors (Lipinski definition) is 4. The number of fused-ring (bicyclic) bond motifs is 4. The zero-order chi connectivity index (χ0) is 23.9. The second-order valence-electron chi connectivity index (χ2n) is 8.66. The fourth-order valence-corrected chi connectivity index (χ4v) is 4.99. The van der Waals surface area contributed by atoms with E-state index >= 15 is 0 Å². The van der Waals surface area contributed by atoms with Crippen molar-refractivity contribution >= 4 is 22.6 Å². The first kappa shape index (κ1) is 20.9. The number of carbonyl (C=O) groups is 1. The van der Waals surface area contributed by atoms with Gasteiger partial charge < -0.3 is 15.6 Å². The second kappa shape index (κ2) is 8.29. The Bertz CT molecular complexity index is 1610. The van der Waals surface area contributed by atoms with Crippen LogP contribution in [0.2, 0.25) is 0 Å². The fraction of sp³-hybridized carbons (Fsp3) is 0.0667. The third kappa shape index (κ3) is 3.58. The quantitative estimate of drug-likeness (QED) is 0.325. The van der Waals surface area contributed by atoms with Gasteiger partial charge in [-0.1, -0.05) is 72.8 Å². The summed E-state index contributed by atoms with van der Waals surface area (Å²) < 4.78 is 6.56. The first-order chi connectivity index (χ1) is 17.1. The lowest BCUT2D eigenvalue weighted by molar-refractivity contribution is -0.136. The highest BCUT2D eigenvalue weighted by atomic mass is 16.5. The fourth-order valence-electron chi connectivity index (χ4n) is 4.99. The van der Waals surface area contributed by atoms with E-state index in [9.17, 15) is 9.90 Å². The van der Waals surface area contributed by atoms with Crippen LogP contribution in [0.3, 0.4) is 0 Å². The maximum atomic E-state index is 11.4. The highest BCUT2D eigenvalue weighted by Crippen LogP contribution is 2.47. The van der Waals surface area contributed by atoms with Crippen molar-refractivity contribution in [2.75, 3.05) is 5.73 Å². The van der Waals surface area contributed by atoms with E-state index in [-0.39, 0.29) is 12.5 Å². The molecule has 0 fully saturated rings. The van der Waals surface area contributed by atoms with Crippen LogP contribution >= 0.6 is 0 Å². The number of para-hydroxylation sites is 1. The van der Waals surface area contributed by atoms with E-state index in [0.717, 1.165) is 44.2 Å². The summed E-state index contributed by atoms with van der Waals surface area (Å²) in [4.78, 5) is 15.6. The van der Waals surface area contributed by atoms with Gasteiger partial charge in [-0.05, 0) is 45.8 Å². The lowest BCUT2D eigenvalue weighted by Gasteiger charge is -2.19.